The Labute approximate surface area is 157 Å². The van der Waals surface area contributed by atoms with Crippen LogP contribution in [0.4, 0.5) is 4.39 Å². The second-order valence-electron chi connectivity index (χ2n) is 6.02. The first-order chi connectivity index (χ1) is 12.2. The van der Waals surface area contributed by atoms with Gasteiger partial charge in [0.1, 0.15) is 10.7 Å². The number of nitrogens with zero attached hydrogens (tertiary/aromatic N) is 1. The van der Waals surface area contributed by atoms with E-state index in [-0.39, 0.29) is 12.6 Å². The van der Waals surface area contributed by atoms with Crippen molar-refractivity contribution < 1.29 is 17.6 Å². The first-order valence-electron chi connectivity index (χ1n) is 7.99. The monoisotopic (exact) mass is 398 g/mol. The fourth-order valence-electron chi connectivity index (χ4n) is 2.36. The molecule has 2 rings (SSSR count). The third kappa shape index (κ3) is 5.03. The Morgan fingerprint density at radius 1 is 1.15 bits per heavy atom. The molecule has 26 heavy (non-hydrogen) atoms. The number of amides is 1. The Morgan fingerprint density at radius 2 is 1.77 bits per heavy atom. The van der Waals surface area contributed by atoms with Crippen molar-refractivity contribution >= 4 is 27.5 Å². The van der Waals surface area contributed by atoms with Crippen LogP contribution < -0.4 is 5.32 Å². The van der Waals surface area contributed by atoms with Gasteiger partial charge in [-0.1, -0.05) is 41.9 Å². The molecule has 0 unspecified atom stereocenters. The van der Waals surface area contributed by atoms with Gasteiger partial charge in [-0.15, -0.1) is 0 Å². The highest BCUT2D eigenvalue weighted by Gasteiger charge is 2.29. The molecular formula is C18H20ClFN2O3S. The van der Waals surface area contributed by atoms with Crippen molar-refractivity contribution in [2.24, 2.45) is 0 Å². The summed E-state index contributed by atoms with van der Waals surface area (Å²) >= 11 is 6.12. The van der Waals surface area contributed by atoms with Gasteiger partial charge in [-0.3, -0.25) is 4.79 Å². The van der Waals surface area contributed by atoms with E-state index in [1.165, 1.54) is 18.2 Å². The Bertz CT molecular complexity index is 888. The lowest BCUT2D eigenvalue weighted by atomic mass is 10.2. The zero-order chi connectivity index (χ0) is 19.3. The smallest absolute Gasteiger partial charge is 0.246 e. The lowest BCUT2D eigenvalue weighted by Crippen LogP contribution is -2.42. The average Bonchev–Trinajstić information content (AvgIpc) is 2.55. The summed E-state index contributed by atoms with van der Waals surface area (Å²) in [6.07, 6.45) is 0. The quantitative estimate of drug-likeness (QED) is 0.778. The molecule has 0 bridgehead atoms. The molecule has 0 saturated carbocycles. The predicted molar refractivity (Wildman–Crippen MR) is 98.7 cm³/mol. The van der Waals surface area contributed by atoms with E-state index in [1.807, 2.05) is 0 Å². The van der Waals surface area contributed by atoms with Gasteiger partial charge in [0.2, 0.25) is 15.9 Å². The van der Waals surface area contributed by atoms with Gasteiger partial charge in [-0.25, -0.2) is 12.8 Å². The molecule has 0 radical (unpaired) electrons. The first kappa shape index (κ1) is 20.4. The number of carbonyl (C=O) groups excluding carboxylic acids is 1. The molecule has 0 fully saturated rings. The van der Waals surface area contributed by atoms with Crippen molar-refractivity contribution in [1.82, 2.24) is 9.62 Å². The van der Waals surface area contributed by atoms with Crippen LogP contribution in [0.5, 0.6) is 0 Å². The van der Waals surface area contributed by atoms with Gasteiger partial charge < -0.3 is 5.32 Å². The van der Waals surface area contributed by atoms with Gasteiger partial charge >= 0.3 is 0 Å². The van der Waals surface area contributed by atoms with Crippen LogP contribution in [-0.2, 0) is 21.4 Å². The Kier molecular flexibility index (Phi) is 6.75. The molecular weight excluding hydrogens is 379 g/mol. The molecule has 2 aromatic rings. The van der Waals surface area contributed by atoms with E-state index in [2.05, 4.69) is 5.32 Å². The Morgan fingerprint density at radius 3 is 2.38 bits per heavy atom. The molecule has 0 aliphatic heterocycles. The van der Waals surface area contributed by atoms with E-state index in [0.717, 1.165) is 10.4 Å². The highest BCUT2D eigenvalue weighted by atomic mass is 35.5. The summed E-state index contributed by atoms with van der Waals surface area (Å²) in [6.45, 7) is 2.94. The van der Waals surface area contributed by atoms with Crippen molar-refractivity contribution in [1.29, 1.82) is 0 Å². The summed E-state index contributed by atoms with van der Waals surface area (Å²) in [7, 11) is -4.24. The lowest BCUT2D eigenvalue weighted by Gasteiger charge is -2.23. The maximum absolute atomic E-state index is 14.1. The van der Waals surface area contributed by atoms with E-state index >= 15 is 0 Å². The summed E-state index contributed by atoms with van der Waals surface area (Å²) < 4.78 is 40.9. The summed E-state index contributed by atoms with van der Waals surface area (Å²) in [5, 5.41) is 3.01. The third-order valence-electron chi connectivity index (χ3n) is 3.53. The van der Waals surface area contributed by atoms with Gasteiger partial charge in [0.05, 0.1) is 6.54 Å². The molecule has 0 aromatic heterocycles. The van der Waals surface area contributed by atoms with Crippen LogP contribution in [0, 0.1) is 5.82 Å². The maximum Gasteiger partial charge on any atom is 0.246 e. The average molecular weight is 399 g/mol. The molecule has 0 aliphatic carbocycles. The number of hydrogen-bond donors (Lipinski definition) is 1. The molecule has 0 saturated heterocycles. The number of halogens is 2. The lowest BCUT2D eigenvalue weighted by molar-refractivity contribution is -0.121. The van der Waals surface area contributed by atoms with Crippen molar-refractivity contribution in [2.45, 2.75) is 31.3 Å². The van der Waals surface area contributed by atoms with Gasteiger partial charge in [-0.05, 0) is 37.6 Å². The minimum atomic E-state index is -4.24. The summed E-state index contributed by atoms with van der Waals surface area (Å²) in [4.78, 5) is 11.7. The Hall–Kier alpha value is -1.96. The standard InChI is InChI=1S/C18H20ClFN2O3S/c1-13(2)21-18(23)12-22(11-14-7-3-4-8-15(14)19)26(24,25)17-10-6-5-9-16(17)20/h3-10,13H,11-12H2,1-2H3,(H,21,23). The highest BCUT2D eigenvalue weighted by molar-refractivity contribution is 7.89. The van der Waals surface area contributed by atoms with Gasteiger partial charge in [0.15, 0.2) is 0 Å². The molecule has 0 heterocycles. The summed E-state index contributed by atoms with van der Waals surface area (Å²) in [5.41, 5.74) is 0.520. The molecule has 0 aliphatic rings. The largest absolute Gasteiger partial charge is 0.353 e. The number of carbonyl (C=O) groups is 1. The van der Waals surface area contributed by atoms with Crippen LogP contribution in [-0.4, -0.2) is 31.2 Å². The van der Waals surface area contributed by atoms with Crippen LogP contribution in [0.15, 0.2) is 53.4 Å². The van der Waals surface area contributed by atoms with E-state index in [0.29, 0.717) is 10.6 Å². The van der Waals surface area contributed by atoms with Crippen molar-refractivity contribution in [3.63, 3.8) is 0 Å². The number of sulfonamides is 1. The van der Waals surface area contributed by atoms with Crippen molar-refractivity contribution in [3.05, 3.63) is 64.9 Å². The minimum Gasteiger partial charge on any atom is -0.353 e. The second-order valence-corrected chi connectivity index (χ2v) is 8.33. The fourth-order valence-corrected chi connectivity index (χ4v) is 4.00. The summed E-state index contributed by atoms with van der Waals surface area (Å²) in [6, 6.07) is 11.6. The molecule has 8 heteroatoms. The molecule has 1 amide bonds. The zero-order valence-corrected chi connectivity index (χ0v) is 16.0. The normalized spacial score (nSPS) is 11.8. The van der Waals surface area contributed by atoms with Crippen molar-refractivity contribution in [3.8, 4) is 0 Å². The SMILES string of the molecule is CC(C)NC(=O)CN(Cc1ccccc1Cl)S(=O)(=O)c1ccccc1F. The van der Waals surface area contributed by atoms with Crippen LogP contribution in [0.3, 0.4) is 0 Å². The molecule has 140 valence electrons. The van der Waals surface area contributed by atoms with Crippen molar-refractivity contribution in [2.75, 3.05) is 6.54 Å². The molecule has 1 N–H and O–H groups in total. The van der Waals surface area contributed by atoms with Gasteiger partial charge in [0, 0.05) is 17.6 Å². The minimum absolute atomic E-state index is 0.151. The van der Waals surface area contributed by atoms with E-state index in [4.69, 9.17) is 11.6 Å². The van der Waals surface area contributed by atoms with Crippen LogP contribution in [0.2, 0.25) is 5.02 Å². The number of benzene rings is 2. The predicted octanol–water partition coefficient (Wildman–Crippen LogP) is 3.19. The first-order valence-corrected chi connectivity index (χ1v) is 9.81. The summed E-state index contributed by atoms with van der Waals surface area (Å²) in [5.74, 6) is -1.35. The van der Waals surface area contributed by atoms with E-state index in [1.54, 1.807) is 38.1 Å². The Balaban J connectivity index is 2.41. The topological polar surface area (TPSA) is 66.5 Å². The molecule has 2 aromatic carbocycles. The molecule has 5 nitrogen and oxygen atoms in total. The number of rotatable bonds is 7. The van der Waals surface area contributed by atoms with Crippen LogP contribution in [0.25, 0.3) is 0 Å². The van der Waals surface area contributed by atoms with Crippen LogP contribution in [0.1, 0.15) is 19.4 Å². The molecule has 0 atom stereocenters. The number of nitrogens with one attached hydrogen (secondary N) is 1. The highest BCUT2D eigenvalue weighted by Crippen LogP contribution is 2.23. The fraction of sp³-hybridized carbons (Fsp3) is 0.278. The third-order valence-corrected chi connectivity index (χ3v) is 5.72. The molecule has 0 spiro atoms. The second kappa shape index (κ2) is 8.62. The maximum atomic E-state index is 14.1. The number of hydrogen-bond acceptors (Lipinski definition) is 3. The van der Waals surface area contributed by atoms with E-state index in [9.17, 15) is 17.6 Å². The van der Waals surface area contributed by atoms with Gasteiger partial charge in [0.25, 0.3) is 0 Å². The van der Waals surface area contributed by atoms with Gasteiger partial charge in [-0.2, -0.15) is 4.31 Å². The zero-order valence-electron chi connectivity index (χ0n) is 14.4. The van der Waals surface area contributed by atoms with Crippen LogP contribution >= 0.6 is 11.6 Å². The van der Waals surface area contributed by atoms with E-state index < -0.39 is 33.2 Å².